The lowest BCUT2D eigenvalue weighted by molar-refractivity contribution is 0.0526. The maximum Gasteiger partial charge on any atom is 0.338 e. The van der Waals surface area contributed by atoms with Gasteiger partial charge >= 0.3 is 5.97 Å². The first kappa shape index (κ1) is 20.6. The molecule has 0 saturated carbocycles. The molecule has 4 aromatic rings. The van der Waals surface area contributed by atoms with Gasteiger partial charge in [-0.05, 0) is 48.9 Å². The van der Waals surface area contributed by atoms with Crippen molar-refractivity contribution in [3.8, 4) is 11.3 Å². The Morgan fingerprint density at radius 2 is 1.73 bits per heavy atom. The molecular formula is C26H20FN3O3. The highest BCUT2D eigenvalue weighted by molar-refractivity contribution is 6.11. The van der Waals surface area contributed by atoms with Crippen molar-refractivity contribution in [1.82, 2.24) is 10.2 Å². The van der Waals surface area contributed by atoms with Gasteiger partial charge in [-0.15, -0.1) is 0 Å². The fourth-order valence-electron chi connectivity index (χ4n) is 4.16. The van der Waals surface area contributed by atoms with Crippen LogP contribution in [0, 0.1) is 5.82 Å². The summed E-state index contributed by atoms with van der Waals surface area (Å²) in [6.07, 6.45) is 0. The Bertz CT molecular complexity index is 1320. The summed E-state index contributed by atoms with van der Waals surface area (Å²) in [5.41, 5.74) is 4.40. The molecule has 0 radical (unpaired) electrons. The predicted octanol–water partition coefficient (Wildman–Crippen LogP) is 5.14. The van der Waals surface area contributed by atoms with E-state index >= 15 is 0 Å². The van der Waals surface area contributed by atoms with Gasteiger partial charge in [0.05, 0.1) is 23.9 Å². The summed E-state index contributed by atoms with van der Waals surface area (Å²) in [7, 11) is 0. The van der Waals surface area contributed by atoms with E-state index in [0.717, 1.165) is 16.7 Å². The van der Waals surface area contributed by atoms with Gasteiger partial charge in [0.25, 0.3) is 5.91 Å². The molecular weight excluding hydrogens is 421 g/mol. The minimum Gasteiger partial charge on any atom is -0.462 e. The summed E-state index contributed by atoms with van der Waals surface area (Å²) in [5.74, 6) is -1.03. The Balaban J connectivity index is 1.63. The van der Waals surface area contributed by atoms with Crippen molar-refractivity contribution in [2.45, 2.75) is 13.0 Å². The molecule has 1 aliphatic rings. The number of carbonyl (C=O) groups excluding carboxylic acids is 2. The number of aromatic amines is 1. The third kappa shape index (κ3) is 3.57. The van der Waals surface area contributed by atoms with E-state index in [2.05, 4.69) is 10.2 Å². The lowest BCUT2D eigenvalue weighted by atomic mass is 9.96. The first-order chi connectivity index (χ1) is 16.1. The number of esters is 1. The average molecular weight is 441 g/mol. The first-order valence-corrected chi connectivity index (χ1v) is 10.6. The Morgan fingerprint density at radius 3 is 2.39 bits per heavy atom. The lowest BCUT2D eigenvalue weighted by Gasteiger charge is -2.26. The van der Waals surface area contributed by atoms with Gasteiger partial charge in [-0.25, -0.2) is 9.18 Å². The molecule has 6 nitrogen and oxygen atoms in total. The number of amides is 1. The number of rotatable bonds is 5. The zero-order chi connectivity index (χ0) is 22.9. The van der Waals surface area contributed by atoms with E-state index in [0.29, 0.717) is 22.6 Å². The van der Waals surface area contributed by atoms with Crippen molar-refractivity contribution < 1.29 is 18.7 Å². The number of hydrogen-bond donors (Lipinski definition) is 1. The third-order valence-electron chi connectivity index (χ3n) is 5.66. The van der Waals surface area contributed by atoms with Crippen LogP contribution in [0.4, 0.5) is 10.1 Å². The number of nitrogens with zero attached hydrogens (tertiary/aromatic N) is 2. The minimum atomic E-state index is -0.518. The number of halogens is 1. The molecule has 0 unspecified atom stereocenters. The van der Waals surface area contributed by atoms with Crippen LogP contribution in [0.15, 0.2) is 78.9 Å². The number of benzene rings is 3. The summed E-state index contributed by atoms with van der Waals surface area (Å²) < 4.78 is 18.7. The number of carbonyl (C=O) groups is 2. The smallest absolute Gasteiger partial charge is 0.338 e. The molecule has 0 saturated heterocycles. The fourth-order valence-corrected chi connectivity index (χ4v) is 4.16. The number of H-pyrrole nitrogens is 1. The van der Waals surface area contributed by atoms with Crippen molar-refractivity contribution in [3.63, 3.8) is 0 Å². The zero-order valence-corrected chi connectivity index (χ0v) is 17.8. The van der Waals surface area contributed by atoms with Gasteiger partial charge in [0, 0.05) is 16.8 Å². The van der Waals surface area contributed by atoms with Crippen LogP contribution in [0.3, 0.4) is 0 Å². The molecule has 1 amide bonds. The Labute approximate surface area is 189 Å². The second-order valence-corrected chi connectivity index (χ2v) is 7.62. The maximum absolute atomic E-state index is 13.7. The van der Waals surface area contributed by atoms with Crippen LogP contribution >= 0.6 is 0 Å². The molecule has 0 aliphatic carbocycles. The molecule has 0 bridgehead atoms. The largest absolute Gasteiger partial charge is 0.462 e. The molecule has 1 aromatic heterocycles. The molecule has 0 fully saturated rings. The van der Waals surface area contributed by atoms with Crippen molar-refractivity contribution in [3.05, 3.63) is 107 Å². The monoisotopic (exact) mass is 441 g/mol. The highest BCUT2D eigenvalue weighted by Gasteiger charge is 2.43. The molecule has 164 valence electrons. The predicted molar refractivity (Wildman–Crippen MR) is 121 cm³/mol. The van der Waals surface area contributed by atoms with Crippen molar-refractivity contribution in [2.24, 2.45) is 0 Å². The summed E-state index contributed by atoms with van der Waals surface area (Å²) in [4.78, 5) is 27.2. The molecule has 5 rings (SSSR count). The molecule has 1 atom stereocenters. The topological polar surface area (TPSA) is 75.3 Å². The number of ether oxygens (including phenoxy) is 1. The van der Waals surface area contributed by atoms with Gasteiger partial charge in [0.2, 0.25) is 0 Å². The Morgan fingerprint density at radius 1 is 1.03 bits per heavy atom. The van der Waals surface area contributed by atoms with Gasteiger partial charge in [-0.1, -0.05) is 42.5 Å². The van der Waals surface area contributed by atoms with Gasteiger partial charge in [0.15, 0.2) is 0 Å². The number of anilines is 1. The highest BCUT2D eigenvalue weighted by atomic mass is 19.1. The van der Waals surface area contributed by atoms with Crippen LogP contribution in [0.1, 0.15) is 44.9 Å². The SMILES string of the molecule is CCOC(=O)c1ccc(N2C(=O)c3[nH]nc(-c4ccccc4)c3[C@@H]2c2ccc(F)cc2)cc1. The number of hydrogen-bond acceptors (Lipinski definition) is 4. The van der Waals surface area contributed by atoms with E-state index in [-0.39, 0.29) is 18.3 Å². The van der Waals surface area contributed by atoms with Crippen LogP contribution in [-0.4, -0.2) is 28.7 Å². The van der Waals surface area contributed by atoms with Gasteiger partial charge in [-0.3, -0.25) is 14.8 Å². The van der Waals surface area contributed by atoms with E-state index in [9.17, 15) is 14.0 Å². The van der Waals surface area contributed by atoms with Gasteiger partial charge in [0.1, 0.15) is 11.5 Å². The van der Waals surface area contributed by atoms with Gasteiger partial charge in [-0.2, -0.15) is 5.10 Å². The van der Waals surface area contributed by atoms with Crippen LogP contribution in [0.2, 0.25) is 0 Å². The normalized spacial score (nSPS) is 14.9. The van der Waals surface area contributed by atoms with Crippen LogP contribution in [0.5, 0.6) is 0 Å². The Kier molecular flexibility index (Phi) is 5.22. The molecule has 1 aliphatic heterocycles. The van der Waals surface area contributed by atoms with E-state index in [4.69, 9.17) is 4.74 Å². The summed E-state index contributed by atoms with van der Waals surface area (Å²) in [6, 6.07) is 21.8. The number of aromatic nitrogens is 2. The molecule has 1 N–H and O–H groups in total. The number of nitrogens with one attached hydrogen (secondary N) is 1. The zero-order valence-electron chi connectivity index (χ0n) is 17.8. The fraction of sp³-hybridized carbons (Fsp3) is 0.115. The molecule has 0 spiro atoms. The number of fused-ring (bicyclic) bond motifs is 1. The molecule has 33 heavy (non-hydrogen) atoms. The summed E-state index contributed by atoms with van der Waals surface area (Å²) >= 11 is 0. The van der Waals surface area contributed by atoms with Crippen LogP contribution in [0.25, 0.3) is 11.3 Å². The van der Waals surface area contributed by atoms with Crippen molar-refractivity contribution in [2.75, 3.05) is 11.5 Å². The molecule has 3 aromatic carbocycles. The lowest BCUT2D eigenvalue weighted by Crippen LogP contribution is -2.29. The molecule has 7 heteroatoms. The summed E-state index contributed by atoms with van der Waals surface area (Å²) in [6.45, 7) is 2.02. The van der Waals surface area contributed by atoms with Crippen LogP contribution in [-0.2, 0) is 4.74 Å². The molecule has 2 heterocycles. The van der Waals surface area contributed by atoms with E-state index in [1.54, 1.807) is 48.2 Å². The van der Waals surface area contributed by atoms with E-state index < -0.39 is 12.0 Å². The Hall–Kier alpha value is -4.26. The highest BCUT2D eigenvalue weighted by Crippen LogP contribution is 2.45. The average Bonchev–Trinajstić information content (AvgIpc) is 3.39. The van der Waals surface area contributed by atoms with E-state index in [1.807, 2.05) is 30.3 Å². The van der Waals surface area contributed by atoms with Crippen LogP contribution < -0.4 is 4.90 Å². The van der Waals surface area contributed by atoms with Crippen molar-refractivity contribution in [1.29, 1.82) is 0 Å². The van der Waals surface area contributed by atoms with Crippen molar-refractivity contribution >= 4 is 17.6 Å². The first-order valence-electron chi connectivity index (χ1n) is 10.6. The standard InChI is InChI=1S/C26H20FN3O3/c1-2-33-26(32)18-10-14-20(15-11-18)30-24(17-8-12-19(27)13-9-17)21-22(16-6-4-3-5-7-16)28-29-23(21)25(30)31/h3-15,24H,2H2,1H3,(H,28,29)/t24-/m0/s1. The van der Waals surface area contributed by atoms with Gasteiger partial charge < -0.3 is 4.74 Å². The second-order valence-electron chi connectivity index (χ2n) is 7.62. The second kappa shape index (κ2) is 8.35. The quantitative estimate of drug-likeness (QED) is 0.435. The minimum absolute atomic E-state index is 0.252. The third-order valence-corrected chi connectivity index (χ3v) is 5.66. The summed E-state index contributed by atoms with van der Waals surface area (Å²) in [5, 5.41) is 7.33. The van der Waals surface area contributed by atoms with E-state index in [1.165, 1.54) is 12.1 Å². The maximum atomic E-state index is 13.7.